The Bertz CT molecular complexity index is 1510. The first-order valence-corrected chi connectivity index (χ1v) is 12.4. The predicted octanol–water partition coefficient (Wildman–Crippen LogP) is 5.99. The molecule has 4 aromatic rings. The van der Waals surface area contributed by atoms with E-state index in [9.17, 15) is 19.8 Å². The largest absolute Gasteiger partial charge is 0.478 e. The van der Waals surface area contributed by atoms with Crippen LogP contribution in [0.5, 0.6) is 0 Å². The van der Waals surface area contributed by atoms with Crippen LogP contribution in [0.1, 0.15) is 49.8 Å². The molecule has 5 rings (SSSR count). The molecule has 0 bridgehead atoms. The summed E-state index contributed by atoms with van der Waals surface area (Å²) in [6.07, 6.45) is 1.71. The minimum Gasteiger partial charge on any atom is -0.478 e. The fourth-order valence-electron chi connectivity index (χ4n) is 4.38. The van der Waals surface area contributed by atoms with Gasteiger partial charge in [0.25, 0.3) is 0 Å². The molecular formula is C27H20BrN3O5S. The van der Waals surface area contributed by atoms with Gasteiger partial charge in [0, 0.05) is 21.9 Å². The molecule has 0 aliphatic carbocycles. The lowest BCUT2D eigenvalue weighted by atomic mass is 10.0. The summed E-state index contributed by atoms with van der Waals surface area (Å²) in [6.45, 7) is 1.99. The van der Waals surface area contributed by atoms with Gasteiger partial charge in [0.1, 0.15) is 17.6 Å². The number of nitrogens with zero attached hydrogens (tertiary/aromatic N) is 2. The Balaban J connectivity index is 1.62. The van der Waals surface area contributed by atoms with E-state index in [1.165, 1.54) is 12.1 Å². The number of furan rings is 1. The van der Waals surface area contributed by atoms with E-state index in [0.717, 1.165) is 27.5 Å². The second kappa shape index (κ2) is 9.79. The van der Waals surface area contributed by atoms with E-state index in [2.05, 4.69) is 26.2 Å². The van der Waals surface area contributed by atoms with Crippen LogP contribution in [-0.2, 0) is 0 Å². The average molecular weight is 578 g/mol. The molecule has 2 aromatic heterocycles. The smallest absolute Gasteiger partial charge is 0.335 e. The van der Waals surface area contributed by atoms with Gasteiger partial charge >= 0.3 is 11.9 Å². The molecule has 0 saturated carbocycles. The molecule has 0 spiro atoms. The number of rotatable bonds is 6. The molecule has 1 aliphatic heterocycles. The van der Waals surface area contributed by atoms with Crippen LogP contribution in [0.25, 0.3) is 11.3 Å². The summed E-state index contributed by atoms with van der Waals surface area (Å²) in [7, 11) is 0. The Morgan fingerprint density at radius 3 is 2.38 bits per heavy atom. The van der Waals surface area contributed by atoms with Gasteiger partial charge in [-0.2, -0.15) is 0 Å². The zero-order chi connectivity index (χ0) is 26.3. The second-order valence-corrected chi connectivity index (χ2v) is 9.78. The standard InChI is InChI=1S/C27H20BrN3O5S/c1-14-10-18(5-6-19(14)28)31-24(23(30-27(31)37)20-4-2-3-9-29-20)22-8-7-21(36-22)15-11-16(25(32)33)13-17(12-15)26(34)35/h2-13,23-24H,1H3,(H,30,37)(H,32,33)(H,34,35)/t23-,24+/m0/s1. The molecule has 3 heterocycles. The van der Waals surface area contributed by atoms with Crippen LogP contribution >= 0.6 is 28.1 Å². The molecule has 186 valence electrons. The van der Waals surface area contributed by atoms with Crippen molar-refractivity contribution in [3.8, 4) is 11.3 Å². The van der Waals surface area contributed by atoms with Crippen LogP contribution in [0.3, 0.4) is 0 Å². The molecule has 0 amide bonds. The van der Waals surface area contributed by atoms with Crippen LogP contribution < -0.4 is 10.2 Å². The highest BCUT2D eigenvalue weighted by atomic mass is 79.9. The summed E-state index contributed by atoms with van der Waals surface area (Å²) in [5.74, 6) is -1.57. The zero-order valence-corrected chi connectivity index (χ0v) is 21.8. The van der Waals surface area contributed by atoms with Crippen LogP contribution in [0.4, 0.5) is 5.69 Å². The van der Waals surface area contributed by atoms with Crippen molar-refractivity contribution in [3.63, 3.8) is 0 Å². The maximum Gasteiger partial charge on any atom is 0.335 e. The van der Waals surface area contributed by atoms with Gasteiger partial charge in [0.2, 0.25) is 0 Å². The summed E-state index contributed by atoms with van der Waals surface area (Å²) < 4.78 is 7.24. The van der Waals surface area contributed by atoms with Crippen molar-refractivity contribution in [2.45, 2.75) is 19.0 Å². The monoisotopic (exact) mass is 577 g/mol. The first kappa shape index (κ1) is 24.7. The number of anilines is 1. The van der Waals surface area contributed by atoms with Gasteiger partial charge in [-0.15, -0.1) is 0 Å². The lowest BCUT2D eigenvalue weighted by Crippen LogP contribution is -2.29. The van der Waals surface area contributed by atoms with Crippen LogP contribution in [0.2, 0.25) is 0 Å². The summed E-state index contributed by atoms with van der Waals surface area (Å²) in [5.41, 5.74) is 2.72. The number of carbonyl (C=O) groups is 2. The first-order chi connectivity index (χ1) is 17.7. The van der Waals surface area contributed by atoms with Crippen molar-refractivity contribution in [1.82, 2.24) is 10.3 Å². The van der Waals surface area contributed by atoms with Gasteiger partial charge in [0.05, 0.1) is 22.9 Å². The number of pyridine rings is 1. The lowest BCUT2D eigenvalue weighted by molar-refractivity contribution is 0.0696. The number of hydrogen-bond donors (Lipinski definition) is 3. The number of carboxylic acids is 2. The quantitative estimate of drug-likeness (QED) is 0.238. The number of benzene rings is 2. The molecule has 1 aliphatic rings. The number of nitrogens with one attached hydrogen (secondary N) is 1. The maximum atomic E-state index is 11.6. The third-order valence-electron chi connectivity index (χ3n) is 6.15. The Hall–Kier alpha value is -4.02. The second-order valence-electron chi connectivity index (χ2n) is 8.54. The van der Waals surface area contributed by atoms with Crippen LogP contribution in [0.15, 0.2) is 81.8 Å². The van der Waals surface area contributed by atoms with Gasteiger partial charge in [-0.25, -0.2) is 9.59 Å². The van der Waals surface area contributed by atoms with Crippen LogP contribution in [0, 0.1) is 6.92 Å². The van der Waals surface area contributed by atoms with Crippen LogP contribution in [-0.4, -0.2) is 32.2 Å². The minimum atomic E-state index is -1.23. The number of aromatic carboxylic acids is 2. The highest BCUT2D eigenvalue weighted by Crippen LogP contribution is 2.43. The van der Waals surface area contributed by atoms with Crippen molar-refractivity contribution in [2.75, 3.05) is 4.90 Å². The SMILES string of the molecule is Cc1cc(N2C(=S)N[C@@H](c3ccccn3)[C@H]2c2ccc(-c3cc(C(=O)O)cc(C(=O)O)c3)o2)ccc1Br. The Labute approximate surface area is 225 Å². The van der Waals surface area contributed by atoms with E-state index in [-0.39, 0.29) is 17.2 Å². The van der Waals surface area contributed by atoms with Crippen molar-refractivity contribution >= 4 is 50.9 Å². The highest BCUT2D eigenvalue weighted by Gasteiger charge is 2.42. The number of thiocarbonyl (C=S) groups is 1. The number of hydrogen-bond acceptors (Lipinski definition) is 5. The number of halogens is 1. The third kappa shape index (κ3) is 4.73. The fourth-order valence-corrected chi connectivity index (χ4v) is 4.98. The topological polar surface area (TPSA) is 116 Å². The normalized spacial score (nSPS) is 17.0. The van der Waals surface area contributed by atoms with E-state index in [4.69, 9.17) is 16.6 Å². The summed E-state index contributed by atoms with van der Waals surface area (Å²) in [6, 6.07) is 18.2. The molecule has 10 heteroatoms. The highest BCUT2D eigenvalue weighted by molar-refractivity contribution is 9.10. The molecule has 3 N–H and O–H groups in total. The fraction of sp³-hybridized carbons (Fsp3) is 0.111. The molecular weight excluding hydrogens is 558 g/mol. The molecule has 2 aromatic carbocycles. The predicted molar refractivity (Wildman–Crippen MR) is 145 cm³/mol. The molecule has 0 unspecified atom stereocenters. The van der Waals surface area contributed by atoms with Gasteiger partial charge in [-0.05, 0) is 85.4 Å². The van der Waals surface area contributed by atoms with Crippen molar-refractivity contribution in [2.24, 2.45) is 0 Å². The molecule has 1 fully saturated rings. The molecule has 37 heavy (non-hydrogen) atoms. The zero-order valence-electron chi connectivity index (χ0n) is 19.4. The number of aromatic nitrogens is 1. The molecule has 0 radical (unpaired) electrons. The third-order valence-corrected chi connectivity index (χ3v) is 7.35. The van der Waals surface area contributed by atoms with E-state index in [1.807, 2.05) is 48.2 Å². The van der Waals surface area contributed by atoms with Gasteiger partial charge in [0.15, 0.2) is 5.11 Å². The van der Waals surface area contributed by atoms with E-state index < -0.39 is 18.0 Å². The molecule has 8 nitrogen and oxygen atoms in total. The van der Waals surface area contributed by atoms with Gasteiger partial charge < -0.3 is 24.8 Å². The van der Waals surface area contributed by atoms with Crippen molar-refractivity contribution in [3.05, 3.63) is 106 Å². The Kier molecular flexibility index (Phi) is 6.53. The minimum absolute atomic E-state index is 0.144. The van der Waals surface area contributed by atoms with Crippen molar-refractivity contribution < 1.29 is 24.2 Å². The molecule has 2 atom stereocenters. The summed E-state index contributed by atoms with van der Waals surface area (Å²) in [4.78, 5) is 29.7. The van der Waals surface area contributed by atoms with E-state index >= 15 is 0 Å². The van der Waals surface area contributed by atoms with Gasteiger partial charge in [-0.1, -0.05) is 22.0 Å². The number of aryl methyl sites for hydroxylation is 1. The summed E-state index contributed by atoms with van der Waals surface area (Å²) >= 11 is 9.29. The van der Waals surface area contributed by atoms with Crippen molar-refractivity contribution in [1.29, 1.82) is 0 Å². The lowest BCUT2D eigenvalue weighted by Gasteiger charge is -2.26. The first-order valence-electron chi connectivity index (χ1n) is 11.2. The maximum absolute atomic E-state index is 11.6. The average Bonchev–Trinajstić information content (AvgIpc) is 3.50. The van der Waals surface area contributed by atoms with Gasteiger partial charge in [-0.3, -0.25) is 4.98 Å². The molecule has 1 saturated heterocycles. The summed E-state index contributed by atoms with van der Waals surface area (Å²) in [5, 5.41) is 22.8. The van der Waals surface area contributed by atoms with E-state index in [0.29, 0.717) is 22.2 Å². The Morgan fingerprint density at radius 2 is 1.76 bits per heavy atom. The number of carboxylic acid groups (broad SMARTS) is 2. The Morgan fingerprint density at radius 1 is 1.03 bits per heavy atom. The van der Waals surface area contributed by atoms with E-state index in [1.54, 1.807) is 18.3 Å².